The van der Waals surface area contributed by atoms with E-state index < -0.39 is 15.6 Å². The van der Waals surface area contributed by atoms with Gasteiger partial charge in [-0.2, -0.15) is 0 Å². The summed E-state index contributed by atoms with van der Waals surface area (Å²) in [6.45, 7) is 10.8. The SMILES string of the molecule is Cc1ccccc1S(=O)(=O)NCCN1CCN(C(=O)OC(C)(C)C)CC1. The van der Waals surface area contributed by atoms with Crippen molar-refractivity contribution in [3.8, 4) is 0 Å². The summed E-state index contributed by atoms with van der Waals surface area (Å²) in [5.74, 6) is 0. The van der Waals surface area contributed by atoms with E-state index >= 15 is 0 Å². The molecule has 1 saturated heterocycles. The lowest BCUT2D eigenvalue weighted by atomic mass is 10.2. The Hall–Kier alpha value is -1.64. The Balaban J connectivity index is 1.77. The molecular formula is C18H29N3O4S. The van der Waals surface area contributed by atoms with Crippen molar-refractivity contribution in [2.24, 2.45) is 0 Å². The molecule has 0 spiro atoms. The molecule has 0 radical (unpaired) electrons. The number of nitrogens with one attached hydrogen (secondary N) is 1. The third-order valence-electron chi connectivity index (χ3n) is 4.13. The molecule has 1 fully saturated rings. The van der Waals surface area contributed by atoms with Crippen molar-refractivity contribution in [2.75, 3.05) is 39.3 Å². The zero-order chi connectivity index (χ0) is 19.4. The second-order valence-corrected chi connectivity index (χ2v) is 9.21. The molecule has 1 aliphatic heterocycles. The summed E-state index contributed by atoms with van der Waals surface area (Å²) in [5, 5.41) is 0. The summed E-state index contributed by atoms with van der Waals surface area (Å²) < 4.78 is 32.8. The van der Waals surface area contributed by atoms with E-state index in [0.717, 1.165) is 5.56 Å². The number of rotatable bonds is 5. The predicted molar refractivity (Wildman–Crippen MR) is 101 cm³/mol. The first kappa shape index (κ1) is 20.7. The highest BCUT2D eigenvalue weighted by atomic mass is 32.2. The summed E-state index contributed by atoms with van der Waals surface area (Å²) in [4.78, 5) is 16.2. The van der Waals surface area contributed by atoms with Gasteiger partial charge < -0.3 is 9.64 Å². The number of sulfonamides is 1. The van der Waals surface area contributed by atoms with E-state index in [1.807, 2.05) is 26.8 Å². The van der Waals surface area contributed by atoms with Gasteiger partial charge in [0.15, 0.2) is 0 Å². The van der Waals surface area contributed by atoms with Gasteiger partial charge in [0.1, 0.15) is 5.60 Å². The lowest BCUT2D eigenvalue weighted by Crippen LogP contribution is -2.51. The van der Waals surface area contributed by atoms with Gasteiger partial charge in [0.2, 0.25) is 10.0 Å². The number of piperazine rings is 1. The molecule has 7 nitrogen and oxygen atoms in total. The molecule has 1 aromatic rings. The highest BCUT2D eigenvalue weighted by Crippen LogP contribution is 2.14. The molecule has 146 valence electrons. The third-order valence-corrected chi connectivity index (χ3v) is 5.75. The number of hydrogen-bond donors (Lipinski definition) is 1. The summed E-state index contributed by atoms with van der Waals surface area (Å²) in [6, 6.07) is 6.93. The van der Waals surface area contributed by atoms with Crippen molar-refractivity contribution >= 4 is 16.1 Å². The Labute approximate surface area is 156 Å². The van der Waals surface area contributed by atoms with E-state index in [0.29, 0.717) is 44.2 Å². The fourth-order valence-corrected chi connectivity index (χ4v) is 4.02. The van der Waals surface area contributed by atoms with Crippen LogP contribution in [0.2, 0.25) is 0 Å². The summed E-state index contributed by atoms with van der Waals surface area (Å²) >= 11 is 0. The third kappa shape index (κ3) is 5.96. The summed E-state index contributed by atoms with van der Waals surface area (Å²) in [5.41, 5.74) is 0.230. The normalized spacial score (nSPS) is 16.5. The van der Waals surface area contributed by atoms with Crippen LogP contribution in [0, 0.1) is 6.92 Å². The number of carbonyl (C=O) groups is 1. The molecule has 0 unspecified atom stereocenters. The van der Waals surface area contributed by atoms with Gasteiger partial charge in [-0.15, -0.1) is 0 Å². The molecule has 0 aromatic heterocycles. The first-order chi connectivity index (χ1) is 12.1. The quantitative estimate of drug-likeness (QED) is 0.839. The Kier molecular flexibility index (Phi) is 6.65. The number of benzene rings is 1. The lowest BCUT2D eigenvalue weighted by Gasteiger charge is -2.35. The zero-order valence-corrected chi connectivity index (χ0v) is 16.8. The first-order valence-corrected chi connectivity index (χ1v) is 10.3. The zero-order valence-electron chi connectivity index (χ0n) is 16.0. The van der Waals surface area contributed by atoms with Gasteiger partial charge in [0.25, 0.3) is 0 Å². The van der Waals surface area contributed by atoms with Crippen molar-refractivity contribution in [2.45, 2.75) is 38.2 Å². The molecule has 0 atom stereocenters. The molecular weight excluding hydrogens is 354 g/mol. The number of amides is 1. The standard InChI is InChI=1S/C18H29N3O4S/c1-15-7-5-6-8-16(15)26(23,24)19-9-10-20-11-13-21(14-12-20)17(22)25-18(2,3)4/h5-8,19H,9-14H2,1-4H3. The minimum absolute atomic E-state index is 0.294. The minimum Gasteiger partial charge on any atom is -0.444 e. The van der Waals surface area contributed by atoms with Crippen molar-refractivity contribution in [3.63, 3.8) is 0 Å². The number of carbonyl (C=O) groups excluding carboxylic acids is 1. The van der Waals surface area contributed by atoms with Gasteiger partial charge >= 0.3 is 6.09 Å². The van der Waals surface area contributed by atoms with Crippen LogP contribution in [0.15, 0.2) is 29.2 Å². The fraction of sp³-hybridized carbons (Fsp3) is 0.611. The molecule has 1 amide bonds. The number of ether oxygens (including phenoxy) is 1. The van der Waals surface area contributed by atoms with E-state index in [4.69, 9.17) is 4.74 Å². The van der Waals surface area contributed by atoms with Gasteiger partial charge in [-0.25, -0.2) is 17.9 Å². The molecule has 0 bridgehead atoms. The maximum absolute atomic E-state index is 12.4. The van der Waals surface area contributed by atoms with Crippen LogP contribution in [0.1, 0.15) is 26.3 Å². The van der Waals surface area contributed by atoms with Gasteiger partial charge in [-0.1, -0.05) is 18.2 Å². The van der Waals surface area contributed by atoms with Gasteiger partial charge in [0.05, 0.1) is 4.90 Å². The Morgan fingerprint density at radius 2 is 1.77 bits per heavy atom. The average Bonchev–Trinajstić information content (AvgIpc) is 2.54. The Morgan fingerprint density at radius 3 is 2.35 bits per heavy atom. The monoisotopic (exact) mass is 383 g/mol. The highest BCUT2D eigenvalue weighted by Gasteiger charge is 2.26. The van der Waals surface area contributed by atoms with Gasteiger partial charge in [-0.05, 0) is 39.3 Å². The second-order valence-electron chi connectivity index (χ2n) is 7.47. The average molecular weight is 384 g/mol. The lowest BCUT2D eigenvalue weighted by molar-refractivity contribution is 0.0147. The van der Waals surface area contributed by atoms with Crippen LogP contribution < -0.4 is 4.72 Å². The topological polar surface area (TPSA) is 79.0 Å². The fourth-order valence-electron chi connectivity index (χ4n) is 2.75. The van der Waals surface area contributed by atoms with E-state index in [9.17, 15) is 13.2 Å². The van der Waals surface area contributed by atoms with Gasteiger partial charge in [0, 0.05) is 39.3 Å². The number of aryl methyl sites for hydroxylation is 1. The maximum atomic E-state index is 12.4. The first-order valence-electron chi connectivity index (χ1n) is 8.84. The molecule has 8 heteroatoms. The van der Waals surface area contributed by atoms with E-state index in [-0.39, 0.29) is 6.09 Å². The van der Waals surface area contributed by atoms with Crippen LogP contribution >= 0.6 is 0 Å². The van der Waals surface area contributed by atoms with Crippen molar-refractivity contribution < 1.29 is 17.9 Å². The largest absolute Gasteiger partial charge is 0.444 e. The maximum Gasteiger partial charge on any atom is 0.410 e. The van der Waals surface area contributed by atoms with Gasteiger partial charge in [-0.3, -0.25) is 4.90 Å². The van der Waals surface area contributed by atoms with Crippen LogP contribution in [0.5, 0.6) is 0 Å². The molecule has 0 aliphatic carbocycles. The van der Waals surface area contributed by atoms with Crippen molar-refractivity contribution in [1.29, 1.82) is 0 Å². The van der Waals surface area contributed by atoms with E-state index in [1.54, 1.807) is 30.0 Å². The Morgan fingerprint density at radius 1 is 1.15 bits per heavy atom. The van der Waals surface area contributed by atoms with Crippen LogP contribution in [0.3, 0.4) is 0 Å². The summed E-state index contributed by atoms with van der Waals surface area (Å²) in [6.07, 6.45) is -0.294. The molecule has 1 aliphatic rings. The molecule has 1 N–H and O–H groups in total. The molecule has 0 saturated carbocycles. The van der Waals surface area contributed by atoms with Crippen molar-refractivity contribution in [3.05, 3.63) is 29.8 Å². The predicted octanol–water partition coefficient (Wildman–Crippen LogP) is 1.83. The summed E-state index contributed by atoms with van der Waals surface area (Å²) in [7, 11) is -3.50. The number of hydrogen-bond acceptors (Lipinski definition) is 5. The molecule has 1 aromatic carbocycles. The Bertz CT molecular complexity index is 720. The molecule has 2 rings (SSSR count). The smallest absolute Gasteiger partial charge is 0.410 e. The highest BCUT2D eigenvalue weighted by molar-refractivity contribution is 7.89. The second kappa shape index (κ2) is 8.37. The van der Waals surface area contributed by atoms with E-state index in [2.05, 4.69) is 9.62 Å². The van der Waals surface area contributed by atoms with Crippen molar-refractivity contribution in [1.82, 2.24) is 14.5 Å². The number of nitrogens with zero attached hydrogens (tertiary/aromatic N) is 2. The van der Waals surface area contributed by atoms with E-state index in [1.165, 1.54) is 0 Å². The van der Waals surface area contributed by atoms with Crippen LogP contribution in [0.4, 0.5) is 4.79 Å². The minimum atomic E-state index is -3.50. The van der Waals surface area contributed by atoms with Crippen LogP contribution in [-0.2, 0) is 14.8 Å². The van der Waals surface area contributed by atoms with Crippen LogP contribution in [0.25, 0.3) is 0 Å². The molecule has 1 heterocycles. The molecule has 26 heavy (non-hydrogen) atoms. The van der Waals surface area contributed by atoms with Crippen LogP contribution in [-0.4, -0.2) is 69.2 Å².